The number of ether oxygens (including phenoxy) is 1. The number of carbonyl (C=O) groups is 1. The van der Waals surface area contributed by atoms with Gasteiger partial charge in [-0.25, -0.2) is 9.78 Å². The summed E-state index contributed by atoms with van der Waals surface area (Å²) in [7, 11) is 1.29. The molecule has 16 heavy (non-hydrogen) atoms. The molecule has 78 valence electrons. The van der Waals surface area contributed by atoms with Gasteiger partial charge in [-0.3, -0.25) is 0 Å². The highest BCUT2D eigenvalue weighted by atomic mass is 16.5. The molecule has 4 nitrogen and oxygen atoms in total. The predicted octanol–water partition coefficient (Wildman–Crippen LogP) is 1.89. The second kappa shape index (κ2) is 3.99. The second-order valence-corrected chi connectivity index (χ2v) is 3.17. The van der Waals surface area contributed by atoms with Crippen molar-refractivity contribution in [3.05, 3.63) is 41.7 Å². The molecule has 1 aromatic heterocycles. The summed E-state index contributed by atoms with van der Waals surface area (Å²) in [6.45, 7) is 0. The number of benzene rings is 1. The van der Waals surface area contributed by atoms with Crippen LogP contribution >= 0.6 is 0 Å². The molecule has 0 spiro atoms. The van der Waals surface area contributed by atoms with E-state index in [4.69, 9.17) is 5.26 Å². The summed E-state index contributed by atoms with van der Waals surface area (Å²) >= 11 is 0. The zero-order valence-corrected chi connectivity index (χ0v) is 8.60. The third-order valence-electron chi connectivity index (χ3n) is 2.29. The van der Waals surface area contributed by atoms with Crippen LogP contribution in [0.15, 0.2) is 30.5 Å². The van der Waals surface area contributed by atoms with Crippen molar-refractivity contribution in [1.29, 1.82) is 5.26 Å². The van der Waals surface area contributed by atoms with E-state index in [-0.39, 0.29) is 5.69 Å². The van der Waals surface area contributed by atoms with Crippen LogP contribution in [0.25, 0.3) is 10.8 Å². The van der Waals surface area contributed by atoms with Gasteiger partial charge in [0.1, 0.15) is 0 Å². The fourth-order valence-electron chi connectivity index (χ4n) is 1.57. The Labute approximate surface area is 92.1 Å². The van der Waals surface area contributed by atoms with Gasteiger partial charge in [-0.2, -0.15) is 5.26 Å². The topological polar surface area (TPSA) is 63.0 Å². The Kier molecular flexibility index (Phi) is 2.52. The molecule has 0 aliphatic heterocycles. The fraction of sp³-hybridized carbons (Fsp3) is 0.0833. The second-order valence-electron chi connectivity index (χ2n) is 3.17. The first-order valence-electron chi connectivity index (χ1n) is 4.64. The third kappa shape index (κ3) is 1.48. The first-order valence-corrected chi connectivity index (χ1v) is 4.64. The Morgan fingerprint density at radius 1 is 1.44 bits per heavy atom. The molecule has 0 aliphatic carbocycles. The van der Waals surface area contributed by atoms with Crippen molar-refractivity contribution in [1.82, 2.24) is 4.98 Å². The van der Waals surface area contributed by atoms with Crippen molar-refractivity contribution >= 4 is 16.7 Å². The maximum Gasteiger partial charge on any atom is 0.357 e. The SMILES string of the molecule is COC(=O)c1nccc2cccc(C#N)c12. The Balaban J connectivity index is 2.85. The van der Waals surface area contributed by atoms with Crippen molar-refractivity contribution in [2.75, 3.05) is 7.11 Å². The van der Waals surface area contributed by atoms with Crippen LogP contribution in [0.1, 0.15) is 16.1 Å². The van der Waals surface area contributed by atoms with Crippen molar-refractivity contribution in [2.45, 2.75) is 0 Å². The zero-order valence-electron chi connectivity index (χ0n) is 8.60. The van der Waals surface area contributed by atoms with Gasteiger partial charge in [0.15, 0.2) is 5.69 Å². The van der Waals surface area contributed by atoms with Gasteiger partial charge in [0.2, 0.25) is 0 Å². The summed E-state index contributed by atoms with van der Waals surface area (Å²) in [6, 6.07) is 9.03. The number of hydrogen-bond donors (Lipinski definition) is 0. The van der Waals surface area contributed by atoms with E-state index in [1.54, 1.807) is 18.2 Å². The molecule has 0 radical (unpaired) electrons. The van der Waals surface area contributed by atoms with Crippen LogP contribution < -0.4 is 0 Å². The highest BCUT2D eigenvalue weighted by Crippen LogP contribution is 2.21. The number of aromatic nitrogens is 1. The number of nitrogens with zero attached hydrogens (tertiary/aromatic N) is 2. The van der Waals surface area contributed by atoms with Crippen molar-refractivity contribution < 1.29 is 9.53 Å². The molecule has 1 aromatic carbocycles. The van der Waals surface area contributed by atoms with Crippen LogP contribution in [0, 0.1) is 11.3 Å². The fourth-order valence-corrected chi connectivity index (χ4v) is 1.57. The van der Waals surface area contributed by atoms with Gasteiger partial charge >= 0.3 is 5.97 Å². The van der Waals surface area contributed by atoms with Crippen molar-refractivity contribution in [3.8, 4) is 6.07 Å². The Morgan fingerprint density at radius 3 is 2.94 bits per heavy atom. The van der Waals surface area contributed by atoms with E-state index in [1.807, 2.05) is 12.1 Å². The highest BCUT2D eigenvalue weighted by molar-refractivity contribution is 6.04. The monoisotopic (exact) mass is 212 g/mol. The molecule has 0 saturated heterocycles. The highest BCUT2D eigenvalue weighted by Gasteiger charge is 2.14. The molecule has 0 N–H and O–H groups in total. The Bertz CT molecular complexity index is 594. The minimum atomic E-state index is -0.534. The van der Waals surface area contributed by atoms with E-state index in [1.165, 1.54) is 13.3 Å². The Hall–Kier alpha value is -2.41. The maximum absolute atomic E-state index is 11.5. The molecule has 0 unspecified atom stereocenters. The van der Waals surface area contributed by atoms with Crippen LogP contribution in [0.5, 0.6) is 0 Å². The molecular weight excluding hydrogens is 204 g/mol. The Morgan fingerprint density at radius 2 is 2.25 bits per heavy atom. The number of carbonyl (C=O) groups excluding carboxylic acids is 1. The predicted molar refractivity (Wildman–Crippen MR) is 57.8 cm³/mol. The number of esters is 1. The molecule has 0 saturated carbocycles. The number of pyridine rings is 1. The van der Waals surface area contributed by atoms with Gasteiger partial charge in [-0.15, -0.1) is 0 Å². The van der Waals surface area contributed by atoms with Crippen molar-refractivity contribution in [3.63, 3.8) is 0 Å². The van der Waals surface area contributed by atoms with E-state index in [0.717, 1.165) is 5.39 Å². The summed E-state index contributed by atoms with van der Waals surface area (Å²) in [5.41, 5.74) is 0.600. The lowest BCUT2D eigenvalue weighted by Crippen LogP contribution is -2.05. The van der Waals surface area contributed by atoms with Crippen LogP contribution in [0.2, 0.25) is 0 Å². The summed E-state index contributed by atoms with van der Waals surface area (Å²) in [5.74, 6) is -0.534. The number of methoxy groups -OCH3 is 1. The van der Waals surface area contributed by atoms with Crippen molar-refractivity contribution in [2.24, 2.45) is 0 Å². The number of fused-ring (bicyclic) bond motifs is 1. The molecule has 0 aliphatic rings. The largest absolute Gasteiger partial charge is 0.464 e. The summed E-state index contributed by atoms with van der Waals surface area (Å²) < 4.78 is 4.63. The lowest BCUT2D eigenvalue weighted by molar-refractivity contribution is 0.0596. The van der Waals surface area contributed by atoms with Crippen LogP contribution in [-0.4, -0.2) is 18.1 Å². The van der Waals surface area contributed by atoms with Gasteiger partial charge in [0, 0.05) is 11.6 Å². The quantitative estimate of drug-likeness (QED) is 0.677. The summed E-state index contributed by atoms with van der Waals surface area (Å²) in [5, 5.41) is 10.3. The van der Waals surface area contributed by atoms with Crippen LogP contribution in [-0.2, 0) is 4.74 Å². The lowest BCUT2D eigenvalue weighted by Gasteiger charge is -2.04. The standard InChI is InChI=1S/C12H8N2O2/c1-16-12(15)11-10-8(5-6-14-11)3-2-4-9(10)7-13/h2-6H,1H3. The number of nitriles is 1. The van der Waals surface area contributed by atoms with Gasteiger partial charge < -0.3 is 4.74 Å². The van der Waals surface area contributed by atoms with E-state index in [9.17, 15) is 4.79 Å². The molecule has 2 rings (SSSR count). The summed E-state index contributed by atoms with van der Waals surface area (Å²) in [4.78, 5) is 15.5. The molecule has 0 fully saturated rings. The van der Waals surface area contributed by atoms with E-state index >= 15 is 0 Å². The maximum atomic E-state index is 11.5. The van der Waals surface area contributed by atoms with E-state index in [2.05, 4.69) is 9.72 Å². The molecule has 2 aromatic rings. The van der Waals surface area contributed by atoms with E-state index in [0.29, 0.717) is 10.9 Å². The van der Waals surface area contributed by atoms with Gasteiger partial charge in [-0.05, 0) is 17.5 Å². The van der Waals surface area contributed by atoms with Gasteiger partial charge in [-0.1, -0.05) is 12.1 Å². The zero-order chi connectivity index (χ0) is 11.5. The lowest BCUT2D eigenvalue weighted by atomic mass is 10.0. The van der Waals surface area contributed by atoms with Crippen LogP contribution in [0.4, 0.5) is 0 Å². The summed E-state index contributed by atoms with van der Waals surface area (Å²) in [6.07, 6.45) is 1.52. The average molecular weight is 212 g/mol. The molecule has 0 bridgehead atoms. The smallest absolute Gasteiger partial charge is 0.357 e. The minimum Gasteiger partial charge on any atom is -0.464 e. The first kappa shape index (κ1) is 10.1. The minimum absolute atomic E-state index is 0.178. The molecule has 0 atom stereocenters. The first-order chi connectivity index (χ1) is 7.77. The number of rotatable bonds is 1. The molecule has 1 heterocycles. The van der Waals surface area contributed by atoms with E-state index < -0.39 is 5.97 Å². The average Bonchev–Trinajstić information content (AvgIpc) is 2.36. The molecule has 0 amide bonds. The molecular formula is C12H8N2O2. The van der Waals surface area contributed by atoms with Crippen LogP contribution in [0.3, 0.4) is 0 Å². The van der Waals surface area contributed by atoms with Gasteiger partial charge in [0.05, 0.1) is 18.7 Å². The number of hydrogen-bond acceptors (Lipinski definition) is 4. The molecule has 4 heteroatoms. The normalized spacial score (nSPS) is 9.75. The third-order valence-corrected chi connectivity index (χ3v) is 2.29. The van der Waals surface area contributed by atoms with Gasteiger partial charge in [0.25, 0.3) is 0 Å².